The molecule has 0 spiro atoms. The summed E-state index contributed by atoms with van der Waals surface area (Å²) < 4.78 is 0. The summed E-state index contributed by atoms with van der Waals surface area (Å²) in [7, 11) is 0. The van der Waals surface area contributed by atoms with E-state index in [1.807, 2.05) is 56.3 Å². The molecule has 128 valence electrons. The number of halogens is 1. The Balaban J connectivity index is 2.05. The first kappa shape index (κ1) is 18.5. The maximum Gasteiger partial charge on any atom is 0.230 e. The van der Waals surface area contributed by atoms with Crippen LogP contribution in [0, 0.1) is 0 Å². The van der Waals surface area contributed by atoms with Crippen molar-refractivity contribution in [2.45, 2.75) is 31.6 Å². The van der Waals surface area contributed by atoms with Gasteiger partial charge in [-0.25, -0.2) is 0 Å². The molecule has 0 aliphatic heterocycles. The Bertz CT molecular complexity index is 653. The maximum absolute atomic E-state index is 12.7. The van der Waals surface area contributed by atoms with Crippen LogP contribution in [-0.4, -0.2) is 24.2 Å². The van der Waals surface area contributed by atoms with Crippen LogP contribution in [0.5, 0.6) is 0 Å². The predicted molar refractivity (Wildman–Crippen MR) is 98.4 cm³/mol. The summed E-state index contributed by atoms with van der Waals surface area (Å²) in [6.45, 7) is 4.39. The van der Waals surface area contributed by atoms with Crippen LogP contribution in [0.2, 0.25) is 5.02 Å². The molecule has 2 aromatic carbocycles. The van der Waals surface area contributed by atoms with Crippen molar-refractivity contribution < 1.29 is 9.90 Å². The monoisotopic (exact) mass is 345 g/mol. The van der Waals surface area contributed by atoms with E-state index in [0.717, 1.165) is 11.1 Å². The third-order valence-electron chi connectivity index (χ3n) is 4.39. The Morgan fingerprint density at radius 3 is 2.33 bits per heavy atom. The summed E-state index contributed by atoms with van der Waals surface area (Å²) in [4.78, 5) is 12.7. The molecule has 1 amide bonds. The fourth-order valence-corrected chi connectivity index (χ4v) is 2.83. The normalized spacial score (nSPS) is 12.7. The average Bonchev–Trinajstić information content (AvgIpc) is 2.59. The summed E-state index contributed by atoms with van der Waals surface area (Å²) >= 11 is 5.92. The third-order valence-corrected chi connectivity index (χ3v) is 4.64. The molecule has 0 heterocycles. The largest absolute Gasteiger partial charge is 0.396 e. The quantitative estimate of drug-likeness (QED) is 0.799. The fourth-order valence-electron chi connectivity index (χ4n) is 2.70. The van der Waals surface area contributed by atoms with Crippen LogP contribution in [0.25, 0.3) is 0 Å². The molecule has 0 fully saturated rings. The maximum atomic E-state index is 12.7. The van der Waals surface area contributed by atoms with Crippen LogP contribution in [0.1, 0.15) is 37.3 Å². The molecule has 0 aliphatic rings. The van der Waals surface area contributed by atoms with Gasteiger partial charge in [0, 0.05) is 24.1 Å². The van der Waals surface area contributed by atoms with E-state index in [9.17, 15) is 9.90 Å². The van der Waals surface area contributed by atoms with E-state index in [4.69, 9.17) is 11.6 Å². The van der Waals surface area contributed by atoms with Crippen molar-refractivity contribution in [2.75, 3.05) is 13.2 Å². The molecule has 0 saturated carbocycles. The van der Waals surface area contributed by atoms with E-state index in [1.54, 1.807) is 12.1 Å². The Morgan fingerprint density at radius 1 is 1.12 bits per heavy atom. The Labute approximate surface area is 148 Å². The number of hydrogen-bond acceptors (Lipinski definition) is 2. The van der Waals surface area contributed by atoms with Crippen LogP contribution in [0.3, 0.4) is 0 Å². The van der Waals surface area contributed by atoms with E-state index < -0.39 is 5.41 Å². The van der Waals surface area contributed by atoms with Crippen LogP contribution in [-0.2, 0) is 10.2 Å². The highest BCUT2D eigenvalue weighted by Gasteiger charge is 2.30. The zero-order valence-corrected chi connectivity index (χ0v) is 14.9. The molecule has 0 bridgehead atoms. The van der Waals surface area contributed by atoms with E-state index >= 15 is 0 Å². The van der Waals surface area contributed by atoms with Crippen molar-refractivity contribution in [1.82, 2.24) is 5.32 Å². The van der Waals surface area contributed by atoms with Crippen LogP contribution < -0.4 is 5.32 Å². The Morgan fingerprint density at radius 2 is 1.75 bits per heavy atom. The van der Waals surface area contributed by atoms with Crippen molar-refractivity contribution >= 4 is 17.5 Å². The van der Waals surface area contributed by atoms with Gasteiger partial charge in [-0.05, 0) is 43.5 Å². The van der Waals surface area contributed by atoms with Gasteiger partial charge in [-0.1, -0.05) is 54.1 Å². The molecule has 0 saturated heterocycles. The standard InChI is InChI=1S/C20H24ClNO2/c1-20(2,17-8-10-18(21)11-9-17)19(24)22-14-16(12-13-23)15-6-4-3-5-7-15/h3-11,16,23H,12-14H2,1-2H3,(H,22,24). The fraction of sp³-hybridized carbons (Fsp3) is 0.350. The van der Waals surface area contributed by atoms with Gasteiger partial charge in [0.2, 0.25) is 5.91 Å². The first-order valence-electron chi connectivity index (χ1n) is 8.15. The highest BCUT2D eigenvalue weighted by atomic mass is 35.5. The summed E-state index contributed by atoms with van der Waals surface area (Å²) in [6.07, 6.45) is 0.617. The summed E-state index contributed by atoms with van der Waals surface area (Å²) in [5.41, 5.74) is 1.39. The summed E-state index contributed by atoms with van der Waals surface area (Å²) in [5, 5.41) is 13.0. The zero-order valence-electron chi connectivity index (χ0n) is 14.1. The van der Waals surface area contributed by atoms with Crippen LogP contribution >= 0.6 is 11.6 Å². The molecule has 0 aliphatic carbocycles. The van der Waals surface area contributed by atoms with Gasteiger partial charge >= 0.3 is 0 Å². The minimum Gasteiger partial charge on any atom is -0.396 e. The smallest absolute Gasteiger partial charge is 0.230 e. The third kappa shape index (κ3) is 4.59. The molecule has 2 aromatic rings. The van der Waals surface area contributed by atoms with Gasteiger partial charge in [0.05, 0.1) is 5.41 Å². The predicted octanol–water partition coefficient (Wildman–Crippen LogP) is 3.90. The summed E-state index contributed by atoms with van der Waals surface area (Å²) in [6, 6.07) is 17.3. The number of carbonyl (C=O) groups is 1. The number of hydrogen-bond donors (Lipinski definition) is 2. The zero-order chi connectivity index (χ0) is 17.6. The number of carbonyl (C=O) groups excluding carboxylic acids is 1. The van der Waals surface area contributed by atoms with Gasteiger partial charge in [-0.2, -0.15) is 0 Å². The molecule has 3 nitrogen and oxygen atoms in total. The topological polar surface area (TPSA) is 49.3 Å². The van der Waals surface area contributed by atoms with E-state index in [0.29, 0.717) is 18.0 Å². The number of benzene rings is 2. The molecule has 0 radical (unpaired) electrons. The molecule has 0 aromatic heterocycles. The molecule has 2 N–H and O–H groups in total. The van der Waals surface area contributed by atoms with Crippen molar-refractivity contribution in [3.05, 3.63) is 70.7 Å². The second kappa shape index (κ2) is 8.32. The molecular formula is C20H24ClNO2. The average molecular weight is 346 g/mol. The minimum absolute atomic E-state index is 0.0382. The van der Waals surface area contributed by atoms with Crippen LogP contribution in [0.4, 0.5) is 0 Å². The van der Waals surface area contributed by atoms with Gasteiger partial charge < -0.3 is 10.4 Å². The van der Waals surface area contributed by atoms with Gasteiger partial charge in [-0.3, -0.25) is 4.79 Å². The van der Waals surface area contributed by atoms with Crippen LogP contribution in [0.15, 0.2) is 54.6 Å². The minimum atomic E-state index is -0.648. The van der Waals surface area contributed by atoms with E-state index in [-0.39, 0.29) is 18.4 Å². The van der Waals surface area contributed by atoms with Crippen molar-refractivity contribution in [3.8, 4) is 0 Å². The number of nitrogens with one attached hydrogen (secondary N) is 1. The highest BCUT2D eigenvalue weighted by Crippen LogP contribution is 2.25. The first-order chi connectivity index (χ1) is 11.4. The number of aliphatic hydroxyl groups is 1. The highest BCUT2D eigenvalue weighted by molar-refractivity contribution is 6.30. The Hall–Kier alpha value is -1.84. The molecule has 4 heteroatoms. The number of rotatable bonds is 7. The molecule has 24 heavy (non-hydrogen) atoms. The molecule has 1 atom stereocenters. The van der Waals surface area contributed by atoms with Crippen molar-refractivity contribution in [2.24, 2.45) is 0 Å². The van der Waals surface area contributed by atoms with Crippen molar-refractivity contribution in [3.63, 3.8) is 0 Å². The SMILES string of the molecule is CC(C)(C(=O)NCC(CCO)c1ccccc1)c1ccc(Cl)cc1. The van der Waals surface area contributed by atoms with Gasteiger partial charge in [0.25, 0.3) is 0 Å². The second-order valence-electron chi connectivity index (χ2n) is 6.46. The van der Waals surface area contributed by atoms with Gasteiger partial charge in [0.15, 0.2) is 0 Å². The lowest BCUT2D eigenvalue weighted by molar-refractivity contribution is -0.125. The van der Waals surface area contributed by atoms with Gasteiger partial charge in [0.1, 0.15) is 0 Å². The van der Waals surface area contributed by atoms with Gasteiger partial charge in [-0.15, -0.1) is 0 Å². The number of amides is 1. The van der Waals surface area contributed by atoms with E-state index in [1.165, 1.54) is 0 Å². The first-order valence-corrected chi connectivity index (χ1v) is 8.53. The lowest BCUT2D eigenvalue weighted by Crippen LogP contribution is -2.41. The second-order valence-corrected chi connectivity index (χ2v) is 6.90. The van der Waals surface area contributed by atoms with E-state index in [2.05, 4.69) is 5.32 Å². The molecule has 2 rings (SSSR count). The Kier molecular flexibility index (Phi) is 6.41. The molecule has 1 unspecified atom stereocenters. The summed E-state index contributed by atoms with van der Waals surface area (Å²) in [5.74, 6) is 0.0601. The van der Waals surface area contributed by atoms with Crippen molar-refractivity contribution in [1.29, 1.82) is 0 Å². The number of aliphatic hydroxyl groups excluding tert-OH is 1. The lowest BCUT2D eigenvalue weighted by atomic mass is 9.83. The molecular weight excluding hydrogens is 322 g/mol. The lowest BCUT2D eigenvalue weighted by Gasteiger charge is -2.26.